The Kier molecular flexibility index (Phi) is 3.39. The van der Waals surface area contributed by atoms with Crippen molar-refractivity contribution < 1.29 is 8.97 Å². The number of halogens is 1. The molecule has 0 spiro atoms. The molecule has 0 aliphatic carbocycles. The van der Waals surface area contributed by atoms with Crippen LogP contribution in [0.3, 0.4) is 0 Å². The number of nitrogens with zero attached hydrogens (tertiary/aromatic N) is 2. The highest BCUT2D eigenvalue weighted by Crippen LogP contribution is 2.33. The Morgan fingerprint density at radius 3 is 2.22 bits per heavy atom. The highest BCUT2D eigenvalue weighted by molar-refractivity contribution is 5.89. The van der Waals surface area contributed by atoms with Crippen molar-refractivity contribution in [3.8, 4) is 0 Å². The summed E-state index contributed by atoms with van der Waals surface area (Å²) in [5.74, 6) is -0.199. The van der Waals surface area contributed by atoms with Crippen molar-refractivity contribution in [1.29, 1.82) is 0 Å². The molecule has 0 radical (unpaired) electrons. The molecule has 1 heterocycles. The maximum atomic E-state index is 14.5. The molecule has 23 heavy (non-hydrogen) atoms. The van der Waals surface area contributed by atoms with E-state index in [9.17, 15) is 4.39 Å². The summed E-state index contributed by atoms with van der Waals surface area (Å²) in [5, 5.41) is 0. The summed E-state index contributed by atoms with van der Waals surface area (Å²) < 4.78 is 16.6. The van der Waals surface area contributed by atoms with Gasteiger partial charge in [0.15, 0.2) is 6.21 Å². The molecule has 3 heteroatoms. The summed E-state index contributed by atoms with van der Waals surface area (Å²) in [5.41, 5.74) is 3.58. The van der Waals surface area contributed by atoms with E-state index in [1.165, 1.54) is 6.07 Å². The molecule has 3 aromatic carbocycles. The average Bonchev–Trinajstić information content (AvgIpc) is 2.62. The van der Waals surface area contributed by atoms with Gasteiger partial charge in [0.1, 0.15) is 5.82 Å². The Morgan fingerprint density at radius 1 is 0.783 bits per heavy atom. The highest BCUT2D eigenvalue weighted by atomic mass is 19.1. The molecule has 0 unspecified atom stereocenters. The molecule has 1 aliphatic heterocycles. The van der Waals surface area contributed by atoms with Crippen molar-refractivity contribution in [2.75, 3.05) is 11.6 Å². The predicted octanol–water partition coefficient (Wildman–Crippen LogP) is 4.70. The lowest BCUT2D eigenvalue weighted by Crippen LogP contribution is -2.32. The quantitative estimate of drug-likeness (QED) is 0.622. The van der Waals surface area contributed by atoms with Crippen LogP contribution in [-0.2, 0) is 0 Å². The molecule has 0 amide bonds. The lowest BCUT2D eigenvalue weighted by molar-refractivity contribution is -0.434. The van der Waals surface area contributed by atoms with Crippen LogP contribution in [0.25, 0.3) is 0 Å². The first-order valence-corrected chi connectivity index (χ1v) is 7.60. The van der Waals surface area contributed by atoms with Crippen molar-refractivity contribution in [3.05, 3.63) is 90.2 Å². The van der Waals surface area contributed by atoms with Crippen LogP contribution in [0.5, 0.6) is 0 Å². The maximum absolute atomic E-state index is 14.5. The third-order valence-corrected chi connectivity index (χ3v) is 4.03. The van der Waals surface area contributed by atoms with Crippen LogP contribution in [0.1, 0.15) is 5.56 Å². The van der Waals surface area contributed by atoms with Crippen molar-refractivity contribution >= 4 is 23.3 Å². The number of anilines is 2. The fourth-order valence-corrected chi connectivity index (χ4v) is 2.95. The first-order chi connectivity index (χ1) is 11.3. The predicted molar refractivity (Wildman–Crippen MR) is 91.4 cm³/mol. The van der Waals surface area contributed by atoms with E-state index < -0.39 is 0 Å². The van der Waals surface area contributed by atoms with Crippen LogP contribution in [0.15, 0.2) is 78.9 Å². The van der Waals surface area contributed by atoms with Crippen molar-refractivity contribution in [1.82, 2.24) is 0 Å². The molecule has 0 saturated carbocycles. The van der Waals surface area contributed by atoms with Gasteiger partial charge < -0.3 is 0 Å². The summed E-state index contributed by atoms with van der Waals surface area (Å²) in [6.45, 7) is 0.571. The van der Waals surface area contributed by atoms with Crippen LogP contribution >= 0.6 is 0 Å². The topological polar surface area (TPSA) is 6.25 Å². The van der Waals surface area contributed by atoms with Gasteiger partial charge in [-0.3, -0.25) is 4.90 Å². The summed E-state index contributed by atoms with van der Waals surface area (Å²) in [6, 6.07) is 25.3. The summed E-state index contributed by atoms with van der Waals surface area (Å²) in [7, 11) is 0. The van der Waals surface area contributed by atoms with E-state index in [0.717, 1.165) is 16.9 Å². The van der Waals surface area contributed by atoms with Gasteiger partial charge in [-0.2, -0.15) is 4.58 Å². The van der Waals surface area contributed by atoms with Gasteiger partial charge in [0.05, 0.1) is 11.3 Å². The first-order valence-electron chi connectivity index (χ1n) is 7.60. The zero-order valence-electron chi connectivity index (χ0n) is 12.6. The molecule has 4 rings (SSSR count). The molecular formula is C20H16FN2+. The van der Waals surface area contributed by atoms with Gasteiger partial charge >= 0.3 is 0 Å². The largest absolute Gasteiger partial charge is 0.282 e. The van der Waals surface area contributed by atoms with Gasteiger partial charge in [-0.05, 0) is 24.3 Å². The summed E-state index contributed by atoms with van der Waals surface area (Å²) in [4.78, 5) is 2.01. The fourth-order valence-electron chi connectivity index (χ4n) is 2.95. The number of benzene rings is 3. The second-order valence-electron chi connectivity index (χ2n) is 5.52. The van der Waals surface area contributed by atoms with E-state index in [1.54, 1.807) is 6.07 Å². The molecule has 2 nitrogen and oxygen atoms in total. The lowest BCUT2D eigenvalue weighted by Gasteiger charge is -2.27. The Balaban J connectivity index is 1.88. The van der Waals surface area contributed by atoms with E-state index in [4.69, 9.17) is 0 Å². The lowest BCUT2D eigenvalue weighted by atomic mass is 10.1. The van der Waals surface area contributed by atoms with E-state index in [-0.39, 0.29) is 5.82 Å². The number of fused-ring (bicyclic) bond motifs is 1. The van der Waals surface area contributed by atoms with Gasteiger partial charge in [-0.1, -0.05) is 42.5 Å². The molecule has 0 N–H and O–H groups in total. The third kappa shape index (κ3) is 2.50. The molecule has 1 aliphatic rings. The molecule has 3 aromatic rings. The molecule has 0 atom stereocenters. The van der Waals surface area contributed by atoms with Crippen LogP contribution in [0.4, 0.5) is 21.5 Å². The van der Waals surface area contributed by atoms with E-state index >= 15 is 0 Å². The van der Waals surface area contributed by atoms with Crippen LogP contribution in [-0.4, -0.2) is 17.5 Å². The molecule has 0 fully saturated rings. The average molecular weight is 303 g/mol. The molecular weight excluding hydrogens is 287 g/mol. The minimum atomic E-state index is -0.199. The normalized spacial score (nSPS) is 13.4. The monoisotopic (exact) mass is 303 g/mol. The first kappa shape index (κ1) is 13.7. The van der Waals surface area contributed by atoms with Crippen LogP contribution in [0.2, 0.25) is 0 Å². The van der Waals surface area contributed by atoms with Gasteiger partial charge in [-0.25, -0.2) is 4.39 Å². The molecule has 0 saturated heterocycles. The fraction of sp³-hybridized carbons (Fsp3) is 0.0500. The summed E-state index contributed by atoms with van der Waals surface area (Å²) in [6.07, 6.45) is 2.01. The standard InChI is InChI=1S/C20H16FN2/c21-19-13-7-8-16-14-22(17-9-3-1-4-10-17)15-23(20(16)19)18-11-5-2-6-12-18/h1-14H,15H2/q+1. The molecule has 0 bridgehead atoms. The van der Waals surface area contributed by atoms with Crippen molar-refractivity contribution in [2.24, 2.45) is 0 Å². The van der Waals surface area contributed by atoms with Gasteiger partial charge in [0.2, 0.25) is 12.4 Å². The Morgan fingerprint density at radius 2 is 1.48 bits per heavy atom. The third-order valence-electron chi connectivity index (χ3n) is 4.03. The molecule has 112 valence electrons. The number of hydrogen-bond acceptors (Lipinski definition) is 1. The van der Waals surface area contributed by atoms with Crippen LogP contribution in [0, 0.1) is 5.82 Å². The Hall–Kier alpha value is -2.94. The van der Waals surface area contributed by atoms with E-state index in [2.05, 4.69) is 16.7 Å². The number of hydrogen-bond donors (Lipinski definition) is 0. The van der Waals surface area contributed by atoms with Gasteiger partial charge in [-0.15, -0.1) is 0 Å². The smallest absolute Gasteiger partial charge is 0.228 e. The maximum Gasteiger partial charge on any atom is 0.228 e. The van der Waals surface area contributed by atoms with Gasteiger partial charge in [0.25, 0.3) is 0 Å². The Labute approximate surface area is 134 Å². The zero-order valence-corrected chi connectivity index (χ0v) is 12.6. The minimum Gasteiger partial charge on any atom is -0.282 e. The second-order valence-corrected chi connectivity index (χ2v) is 5.52. The Bertz CT molecular complexity index is 857. The van der Waals surface area contributed by atoms with Gasteiger partial charge in [0, 0.05) is 17.8 Å². The number of para-hydroxylation sites is 3. The zero-order chi connectivity index (χ0) is 15.6. The van der Waals surface area contributed by atoms with E-state index in [1.807, 2.05) is 65.7 Å². The SMILES string of the molecule is Fc1cccc2c1N(c1ccccc1)C[N+](c1ccccc1)=C2. The summed E-state index contributed by atoms with van der Waals surface area (Å²) >= 11 is 0. The van der Waals surface area contributed by atoms with Crippen molar-refractivity contribution in [3.63, 3.8) is 0 Å². The second kappa shape index (κ2) is 5.69. The molecule has 0 aromatic heterocycles. The van der Waals surface area contributed by atoms with Crippen LogP contribution < -0.4 is 4.90 Å². The minimum absolute atomic E-state index is 0.199. The highest BCUT2D eigenvalue weighted by Gasteiger charge is 2.27. The van der Waals surface area contributed by atoms with E-state index in [0.29, 0.717) is 12.4 Å². The van der Waals surface area contributed by atoms with Crippen molar-refractivity contribution in [2.45, 2.75) is 0 Å². The number of rotatable bonds is 2.